The Hall–Kier alpha value is -2.87. The average molecular weight is 484 g/mol. The number of hydrogen-bond acceptors (Lipinski definition) is 5. The first-order valence-corrected chi connectivity index (χ1v) is 13.5. The van der Waals surface area contributed by atoms with Crippen molar-refractivity contribution in [2.75, 3.05) is 41.7 Å². The van der Waals surface area contributed by atoms with Gasteiger partial charge in [0.1, 0.15) is 0 Å². The Morgan fingerprint density at radius 3 is 2.35 bits per heavy atom. The van der Waals surface area contributed by atoms with Gasteiger partial charge in [0.25, 0.3) is 0 Å². The summed E-state index contributed by atoms with van der Waals surface area (Å²) in [5, 5.41) is 0. The monoisotopic (exact) mass is 483 g/mol. The fourth-order valence-corrected chi connectivity index (χ4v) is 6.31. The molecule has 7 nitrogen and oxygen atoms in total. The molecule has 0 aromatic heterocycles. The van der Waals surface area contributed by atoms with Crippen LogP contribution < -0.4 is 9.80 Å². The second-order valence-electron chi connectivity index (χ2n) is 9.46. The molecule has 2 heterocycles. The third kappa shape index (κ3) is 4.82. The van der Waals surface area contributed by atoms with Crippen LogP contribution in [0.5, 0.6) is 0 Å². The predicted molar refractivity (Wildman–Crippen MR) is 134 cm³/mol. The summed E-state index contributed by atoms with van der Waals surface area (Å²) >= 11 is 0. The van der Waals surface area contributed by atoms with E-state index in [0.29, 0.717) is 19.5 Å². The summed E-state index contributed by atoms with van der Waals surface area (Å²) in [5.41, 5.74) is 5.25. The molecule has 4 rings (SSSR count). The SMILES string of the molecule is CC(=O)N1c2ccc(S(=O)(=O)CCC(=O)N3CCN(c4cc(C)ccc4C)CC3)cc2CC1C. The van der Waals surface area contributed by atoms with E-state index in [-0.39, 0.29) is 34.9 Å². The molecule has 1 saturated heterocycles. The van der Waals surface area contributed by atoms with Gasteiger partial charge in [0, 0.05) is 56.9 Å². The molecular formula is C26H33N3O4S. The lowest BCUT2D eigenvalue weighted by atomic mass is 10.1. The molecule has 2 aromatic carbocycles. The molecule has 182 valence electrons. The van der Waals surface area contributed by atoms with E-state index < -0.39 is 9.84 Å². The Bertz CT molecular complexity index is 1220. The topological polar surface area (TPSA) is 78.0 Å². The highest BCUT2D eigenvalue weighted by Gasteiger charge is 2.31. The molecule has 0 radical (unpaired) electrons. The van der Waals surface area contributed by atoms with E-state index in [1.807, 2.05) is 6.92 Å². The van der Waals surface area contributed by atoms with E-state index in [0.717, 1.165) is 24.3 Å². The molecule has 1 atom stereocenters. The van der Waals surface area contributed by atoms with Crippen LogP contribution in [0.15, 0.2) is 41.3 Å². The number of nitrogens with zero attached hydrogens (tertiary/aromatic N) is 3. The van der Waals surface area contributed by atoms with Crippen LogP contribution in [0, 0.1) is 13.8 Å². The summed E-state index contributed by atoms with van der Waals surface area (Å²) in [6.07, 6.45) is 0.598. The van der Waals surface area contributed by atoms with Gasteiger partial charge in [0.15, 0.2) is 9.84 Å². The first-order chi connectivity index (χ1) is 16.1. The van der Waals surface area contributed by atoms with Crippen molar-refractivity contribution < 1.29 is 18.0 Å². The molecule has 2 amide bonds. The molecule has 1 unspecified atom stereocenters. The highest BCUT2D eigenvalue weighted by Crippen LogP contribution is 2.34. The number of anilines is 2. The summed E-state index contributed by atoms with van der Waals surface area (Å²) in [4.78, 5) is 30.7. The van der Waals surface area contributed by atoms with Gasteiger partial charge in [-0.3, -0.25) is 9.59 Å². The zero-order valence-corrected chi connectivity index (χ0v) is 21.2. The Morgan fingerprint density at radius 2 is 1.68 bits per heavy atom. The summed E-state index contributed by atoms with van der Waals surface area (Å²) in [5.74, 6) is -0.389. The lowest BCUT2D eigenvalue weighted by Crippen LogP contribution is -2.49. The maximum atomic E-state index is 13.0. The second-order valence-corrected chi connectivity index (χ2v) is 11.6. The van der Waals surface area contributed by atoms with Crippen molar-refractivity contribution in [3.63, 3.8) is 0 Å². The lowest BCUT2D eigenvalue weighted by Gasteiger charge is -2.37. The number of fused-ring (bicyclic) bond motifs is 1. The molecular weight excluding hydrogens is 450 g/mol. The Morgan fingerprint density at radius 1 is 0.971 bits per heavy atom. The van der Waals surface area contributed by atoms with Crippen LogP contribution >= 0.6 is 0 Å². The van der Waals surface area contributed by atoms with Crippen LogP contribution in [-0.4, -0.2) is 63.1 Å². The Kier molecular flexibility index (Phi) is 6.71. The molecule has 8 heteroatoms. The number of piperazine rings is 1. The third-order valence-electron chi connectivity index (χ3n) is 6.89. The minimum Gasteiger partial charge on any atom is -0.368 e. The standard InChI is InChI=1S/C26H33N3O4S/c1-18-5-6-19(2)25(15-18)27-10-12-28(13-11-27)26(31)9-14-34(32,33)23-7-8-24-22(17-23)16-20(3)29(24)21(4)30/h5-8,15,17,20H,9-14,16H2,1-4H3. The van der Waals surface area contributed by atoms with Gasteiger partial charge in [0.2, 0.25) is 11.8 Å². The molecule has 0 saturated carbocycles. The van der Waals surface area contributed by atoms with Gasteiger partial charge >= 0.3 is 0 Å². The van der Waals surface area contributed by atoms with Crippen LogP contribution in [0.1, 0.15) is 37.0 Å². The zero-order chi connectivity index (χ0) is 24.6. The molecule has 2 aliphatic heterocycles. The maximum Gasteiger partial charge on any atom is 0.224 e. The van der Waals surface area contributed by atoms with Crippen LogP contribution in [0.3, 0.4) is 0 Å². The Labute approximate surface area is 202 Å². The summed E-state index contributed by atoms with van der Waals surface area (Å²) in [7, 11) is -3.60. The average Bonchev–Trinajstić information content (AvgIpc) is 3.14. The molecule has 34 heavy (non-hydrogen) atoms. The summed E-state index contributed by atoms with van der Waals surface area (Å²) in [6.45, 7) is 10.3. The summed E-state index contributed by atoms with van der Waals surface area (Å²) < 4.78 is 25.9. The number of hydrogen-bond donors (Lipinski definition) is 0. The van der Waals surface area contributed by atoms with Gasteiger partial charge in [-0.1, -0.05) is 12.1 Å². The van der Waals surface area contributed by atoms with E-state index in [4.69, 9.17) is 0 Å². The van der Waals surface area contributed by atoms with E-state index in [9.17, 15) is 18.0 Å². The number of carbonyl (C=O) groups is 2. The number of sulfone groups is 1. The quantitative estimate of drug-likeness (QED) is 0.653. The van der Waals surface area contributed by atoms with Crippen molar-refractivity contribution in [1.29, 1.82) is 0 Å². The first kappa shape index (κ1) is 24.3. The highest BCUT2D eigenvalue weighted by molar-refractivity contribution is 7.91. The molecule has 0 aliphatic carbocycles. The zero-order valence-electron chi connectivity index (χ0n) is 20.4. The van der Waals surface area contributed by atoms with Crippen LogP contribution in [-0.2, 0) is 25.8 Å². The van der Waals surface area contributed by atoms with E-state index in [2.05, 4.69) is 36.9 Å². The van der Waals surface area contributed by atoms with Crippen LogP contribution in [0.2, 0.25) is 0 Å². The second kappa shape index (κ2) is 9.41. The molecule has 0 bridgehead atoms. The van der Waals surface area contributed by atoms with Crippen molar-refractivity contribution in [3.05, 3.63) is 53.1 Å². The minimum absolute atomic E-state index is 0.00860. The van der Waals surface area contributed by atoms with E-state index >= 15 is 0 Å². The van der Waals surface area contributed by atoms with Crippen molar-refractivity contribution in [1.82, 2.24) is 4.90 Å². The van der Waals surface area contributed by atoms with Crippen molar-refractivity contribution in [2.24, 2.45) is 0 Å². The number of carbonyl (C=O) groups excluding carboxylic acids is 2. The normalized spacial score (nSPS) is 18.2. The van der Waals surface area contributed by atoms with E-state index in [1.165, 1.54) is 23.7 Å². The summed E-state index contributed by atoms with van der Waals surface area (Å²) in [6, 6.07) is 11.3. The molecule has 1 fully saturated rings. The smallest absolute Gasteiger partial charge is 0.224 e. The number of benzene rings is 2. The van der Waals surface area contributed by atoms with Crippen molar-refractivity contribution >= 4 is 33.0 Å². The molecule has 2 aliphatic rings. The van der Waals surface area contributed by atoms with Crippen LogP contribution in [0.25, 0.3) is 0 Å². The predicted octanol–water partition coefficient (Wildman–Crippen LogP) is 3.11. The highest BCUT2D eigenvalue weighted by atomic mass is 32.2. The first-order valence-electron chi connectivity index (χ1n) is 11.8. The minimum atomic E-state index is -3.60. The van der Waals surface area contributed by atoms with Crippen molar-refractivity contribution in [3.8, 4) is 0 Å². The number of aryl methyl sites for hydroxylation is 2. The van der Waals surface area contributed by atoms with Gasteiger partial charge < -0.3 is 14.7 Å². The maximum absolute atomic E-state index is 13.0. The van der Waals surface area contributed by atoms with Crippen LogP contribution in [0.4, 0.5) is 11.4 Å². The fraction of sp³-hybridized carbons (Fsp3) is 0.462. The number of amides is 2. The molecule has 2 aromatic rings. The Balaban J connectivity index is 1.36. The number of rotatable bonds is 5. The molecule has 0 spiro atoms. The fourth-order valence-electron chi connectivity index (χ4n) is 5.04. The van der Waals surface area contributed by atoms with E-state index in [1.54, 1.807) is 28.0 Å². The van der Waals surface area contributed by atoms with Gasteiger partial charge in [0.05, 0.1) is 10.6 Å². The van der Waals surface area contributed by atoms with Gasteiger partial charge in [-0.25, -0.2) is 8.42 Å². The van der Waals surface area contributed by atoms with Gasteiger partial charge in [-0.2, -0.15) is 0 Å². The lowest BCUT2D eigenvalue weighted by molar-refractivity contribution is -0.131. The van der Waals surface area contributed by atoms with Gasteiger partial charge in [-0.15, -0.1) is 0 Å². The third-order valence-corrected chi connectivity index (χ3v) is 8.60. The van der Waals surface area contributed by atoms with Crippen molar-refractivity contribution in [2.45, 2.75) is 51.5 Å². The van der Waals surface area contributed by atoms with Gasteiger partial charge in [-0.05, 0) is 68.1 Å². The molecule has 0 N–H and O–H groups in total. The largest absolute Gasteiger partial charge is 0.368 e.